The number of thiophene rings is 1. The Hall–Kier alpha value is -3.20. The van der Waals surface area contributed by atoms with E-state index in [0.717, 1.165) is 28.2 Å². The number of carbonyl (C=O) groups excluding carboxylic acids is 1. The van der Waals surface area contributed by atoms with E-state index in [1.54, 1.807) is 12.3 Å². The summed E-state index contributed by atoms with van der Waals surface area (Å²) < 4.78 is 28.3. The van der Waals surface area contributed by atoms with Crippen molar-refractivity contribution >= 4 is 43.4 Å². The third kappa shape index (κ3) is 2.82. The maximum absolute atomic E-state index is 13.6. The minimum atomic E-state index is -0.767. The first-order chi connectivity index (χ1) is 12.5. The van der Waals surface area contributed by atoms with Gasteiger partial charge in [-0.15, -0.1) is 11.3 Å². The second kappa shape index (κ2) is 6.26. The first-order valence-electron chi connectivity index (χ1n) is 7.50. The second-order valence-electron chi connectivity index (χ2n) is 5.49. The molecule has 1 N–H and O–H groups in total. The molecule has 0 fully saturated rings. The third-order valence-electron chi connectivity index (χ3n) is 3.74. The molecule has 3 aromatic heterocycles. The highest BCUT2D eigenvalue weighted by molar-refractivity contribution is 7.25. The summed E-state index contributed by atoms with van der Waals surface area (Å²) in [6.45, 7) is -0.376. The highest BCUT2D eigenvalue weighted by Gasteiger charge is 2.14. The van der Waals surface area contributed by atoms with Crippen molar-refractivity contribution in [2.24, 2.45) is 0 Å². The number of benzene rings is 1. The lowest BCUT2D eigenvalue weighted by Gasteiger charge is -2.08. The van der Waals surface area contributed by atoms with Crippen LogP contribution < -0.4 is 10.9 Å². The van der Waals surface area contributed by atoms with Crippen LogP contribution in [0.2, 0.25) is 0 Å². The number of halogens is 2. The van der Waals surface area contributed by atoms with Crippen LogP contribution in [-0.4, -0.2) is 20.4 Å². The predicted molar refractivity (Wildman–Crippen MR) is 94.2 cm³/mol. The number of anilines is 1. The summed E-state index contributed by atoms with van der Waals surface area (Å²) in [6.07, 6.45) is 2.88. The van der Waals surface area contributed by atoms with Crippen LogP contribution in [0.3, 0.4) is 0 Å². The van der Waals surface area contributed by atoms with Gasteiger partial charge >= 0.3 is 0 Å². The molecule has 4 aromatic rings. The fourth-order valence-corrected chi connectivity index (χ4v) is 3.60. The topological polar surface area (TPSA) is 76.9 Å². The van der Waals surface area contributed by atoms with Crippen LogP contribution in [0.25, 0.3) is 20.4 Å². The van der Waals surface area contributed by atoms with Gasteiger partial charge in [0, 0.05) is 17.6 Å². The first-order valence-corrected chi connectivity index (χ1v) is 8.32. The zero-order valence-corrected chi connectivity index (χ0v) is 13.9. The predicted octanol–water partition coefficient (Wildman–Crippen LogP) is 2.92. The molecule has 130 valence electrons. The second-order valence-corrected chi connectivity index (χ2v) is 6.48. The van der Waals surface area contributed by atoms with E-state index in [4.69, 9.17) is 0 Å². The summed E-state index contributed by atoms with van der Waals surface area (Å²) in [5.41, 5.74) is -0.160. The van der Waals surface area contributed by atoms with E-state index in [2.05, 4.69) is 15.3 Å². The van der Waals surface area contributed by atoms with Crippen molar-refractivity contribution in [3.8, 4) is 0 Å². The minimum Gasteiger partial charge on any atom is -0.322 e. The van der Waals surface area contributed by atoms with Crippen LogP contribution in [-0.2, 0) is 11.3 Å². The minimum absolute atomic E-state index is 0.289. The van der Waals surface area contributed by atoms with E-state index in [9.17, 15) is 18.4 Å². The van der Waals surface area contributed by atoms with Crippen molar-refractivity contribution in [2.45, 2.75) is 6.54 Å². The summed E-state index contributed by atoms with van der Waals surface area (Å²) >= 11 is 1.19. The SMILES string of the molecule is O=C(Cn1cnc2c(sc3ncccc32)c1=O)Nc1cc(F)ccc1F. The Morgan fingerprint density at radius 2 is 2.08 bits per heavy atom. The first kappa shape index (κ1) is 16.3. The van der Waals surface area contributed by atoms with E-state index < -0.39 is 23.1 Å². The maximum Gasteiger partial charge on any atom is 0.271 e. The zero-order valence-electron chi connectivity index (χ0n) is 13.1. The van der Waals surface area contributed by atoms with E-state index in [1.807, 2.05) is 6.07 Å². The lowest BCUT2D eigenvalue weighted by Crippen LogP contribution is -2.27. The Bertz CT molecular complexity index is 1220. The number of fused-ring (bicyclic) bond motifs is 3. The number of amides is 1. The summed E-state index contributed by atoms with van der Waals surface area (Å²) in [7, 11) is 0. The average molecular weight is 372 g/mol. The van der Waals surface area contributed by atoms with Crippen LogP contribution in [0.1, 0.15) is 0 Å². The number of nitrogens with zero attached hydrogens (tertiary/aromatic N) is 3. The van der Waals surface area contributed by atoms with Gasteiger partial charge in [-0.3, -0.25) is 14.2 Å². The van der Waals surface area contributed by atoms with Crippen molar-refractivity contribution in [3.05, 3.63) is 64.8 Å². The Morgan fingerprint density at radius 1 is 1.23 bits per heavy atom. The number of carbonyl (C=O) groups is 1. The number of pyridine rings is 1. The molecular weight excluding hydrogens is 362 g/mol. The van der Waals surface area contributed by atoms with Crippen molar-refractivity contribution in [3.63, 3.8) is 0 Å². The van der Waals surface area contributed by atoms with Gasteiger partial charge in [0.2, 0.25) is 5.91 Å². The molecule has 1 aromatic carbocycles. The van der Waals surface area contributed by atoms with Crippen LogP contribution in [0.5, 0.6) is 0 Å². The van der Waals surface area contributed by atoms with Gasteiger partial charge in [0.05, 0.1) is 17.5 Å². The van der Waals surface area contributed by atoms with Crippen molar-refractivity contribution < 1.29 is 13.6 Å². The van der Waals surface area contributed by atoms with Crippen LogP contribution in [0.15, 0.2) is 47.7 Å². The number of rotatable bonds is 3. The van der Waals surface area contributed by atoms with Gasteiger partial charge in [-0.05, 0) is 24.3 Å². The third-order valence-corrected chi connectivity index (χ3v) is 4.83. The molecule has 0 saturated heterocycles. The Labute approximate surface area is 148 Å². The molecule has 0 atom stereocenters. The van der Waals surface area contributed by atoms with Crippen LogP contribution in [0.4, 0.5) is 14.5 Å². The van der Waals surface area contributed by atoms with Crippen molar-refractivity contribution in [2.75, 3.05) is 5.32 Å². The van der Waals surface area contributed by atoms with E-state index >= 15 is 0 Å². The monoisotopic (exact) mass is 372 g/mol. The summed E-state index contributed by atoms with van der Waals surface area (Å²) in [5, 5.41) is 3.02. The average Bonchev–Trinajstić information content (AvgIpc) is 3.00. The molecule has 0 spiro atoms. The van der Waals surface area contributed by atoms with E-state index in [1.165, 1.54) is 17.7 Å². The molecular formula is C17H10F2N4O2S. The molecule has 6 nitrogen and oxygen atoms in total. The number of hydrogen-bond acceptors (Lipinski definition) is 5. The number of hydrogen-bond donors (Lipinski definition) is 1. The van der Waals surface area contributed by atoms with E-state index in [-0.39, 0.29) is 12.2 Å². The molecule has 9 heteroatoms. The fraction of sp³-hybridized carbons (Fsp3) is 0.0588. The molecule has 26 heavy (non-hydrogen) atoms. The fourth-order valence-electron chi connectivity index (χ4n) is 2.55. The molecule has 0 aliphatic rings. The normalized spacial score (nSPS) is 11.2. The van der Waals surface area contributed by atoms with Gasteiger partial charge in [0.25, 0.3) is 5.56 Å². The largest absolute Gasteiger partial charge is 0.322 e. The standard InChI is InChI=1S/C17H10F2N4O2S/c18-9-3-4-11(19)12(6-9)22-13(24)7-23-8-21-14-10-2-1-5-20-16(10)26-15(14)17(23)25/h1-6,8H,7H2,(H,22,24). The van der Waals surface area contributed by atoms with Crippen molar-refractivity contribution in [1.29, 1.82) is 0 Å². The van der Waals surface area contributed by atoms with Gasteiger partial charge in [-0.25, -0.2) is 18.7 Å². The van der Waals surface area contributed by atoms with Gasteiger partial charge in [0.15, 0.2) is 0 Å². The lowest BCUT2D eigenvalue weighted by molar-refractivity contribution is -0.116. The molecule has 0 saturated carbocycles. The summed E-state index contributed by atoms with van der Waals surface area (Å²) in [5.74, 6) is -2.12. The summed E-state index contributed by atoms with van der Waals surface area (Å²) in [6, 6.07) is 6.30. The van der Waals surface area contributed by atoms with Crippen molar-refractivity contribution in [1.82, 2.24) is 14.5 Å². The molecule has 0 aliphatic carbocycles. The van der Waals surface area contributed by atoms with Gasteiger partial charge in [-0.1, -0.05) is 0 Å². The Balaban J connectivity index is 1.65. The van der Waals surface area contributed by atoms with Gasteiger partial charge in [0.1, 0.15) is 27.7 Å². The molecule has 4 rings (SSSR count). The molecule has 0 unspecified atom stereocenters. The van der Waals surface area contributed by atoms with Crippen LogP contribution in [0, 0.1) is 11.6 Å². The van der Waals surface area contributed by atoms with E-state index in [0.29, 0.717) is 15.0 Å². The zero-order chi connectivity index (χ0) is 18.3. The Morgan fingerprint density at radius 3 is 2.92 bits per heavy atom. The maximum atomic E-state index is 13.6. The number of aromatic nitrogens is 3. The molecule has 0 bridgehead atoms. The smallest absolute Gasteiger partial charge is 0.271 e. The quantitative estimate of drug-likeness (QED) is 0.600. The molecule has 1 amide bonds. The number of nitrogens with one attached hydrogen (secondary N) is 1. The summed E-state index contributed by atoms with van der Waals surface area (Å²) in [4.78, 5) is 33.8. The van der Waals surface area contributed by atoms with Crippen LogP contribution >= 0.6 is 11.3 Å². The lowest BCUT2D eigenvalue weighted by atomic mass is 10.3. The van der Waals surface area contributed by atoms with Gasteiger partial charge in [-0.2, -0.15) is 0 Å². The highest BCUT2D eigenvalue weighted by atomic mass is 32.1. The van der Waals surface area contributed by atoms with Gasteiger partial charge < -0.3 is 5.32 Å². The molecule has 0 aliphatic heterocycles. The molecule has 3 heterocycles. The highest BCUT2D eigenvalue weighted by Crippen LogP contribution is 2.27. The Kier molecular flexibility index (Phi) is 3.92. The molecule has 0 radical (unpaired) electrons.